The maximum absolute atomic E-state index is 9.96. The van der Waals surface area contributed by atoms with Crippen molar-refractivity contribution in [2.45, 2.75) is 0 Å². The number of hydrogen-bond donors (Lipinski definition) is 2. The third-order valence-electron chi connectivity index (χ3n) is 0.355. The summed E-state index contributed by atoms with van der Waals surface area (Å²) in [6, 6.07) is 0. The molecule has 0 aliphatic rings. The van der Waals surface area contributed by atoms with E-state index in [2.05, 4.69) is 4.52 Å². The van der Waals surface area contributed by atoms with Crippen LogP contribution in [0.2, 0.25) is 0 Å². The Labute approximate surface area is 41.6 Å². The molecule has 0 aliphatic heterocycles. The summed E-state index contributed by atoms with van der Waals surface area (Å²) < 4.78 is 14.0. The summed E-state index contributed by atoms with van der Waals surface area (Å²) in [7, 11) is -2.32. The molecule has 5 heteroatoms. The fourth-order valence-electron chi connectivity index (χ4n) is 0.118. The van der Waals surface area contributed by atoms with E-state index in [-0.39, 0.29) is 0 Å². The molecule has 0 rings (SSSR count). The van der Waals surface area contributed by atoms with Crippen LogP contribution in [0.4, 0.5) is 0 Å². The van der Waals surface area contributed by atoms with Gasteiger partial charge in [-0.05, 0) is 0 Å². The zero-order chi connectivity index (χ0) is 5.70. The summed E-state index contributed by atoms with van der Waals surface area (Å²) in [5, 5.41) is 15.8. The van der Waals surface area contributed by atoms with Crippen molar-refractivity contribution < 1.29 is 19.3 Å². The zero-order valence-corrected chi connectivity index (χ0v) is 4.63. The van der Waals surface area contributed by atoms with Crippen molar-refractivity contribution in [1.82, 2.24) is 0 Å². The Morgan fingerprint density at radius 2 is 2.14 bits per heavy atom. The van der Waals surface area contributed by atoms with Crippen LogP contribution >= 0.6 is 8.03 Å². The molecule has 0 fully saturated rings. The molecule has 2 N–H and O–H groups in total. The van der Waals surface area contributed by atoms with Gasteiger partial charge in [0.05, 0.1) is 0 Å². The first-order valence-electron chi connectivity index (χ1n) is 1.68. The van der Waals surface area contributed by atoms with Gasteiger partial charge >= 0.3 is 0 Å². The van der Waals surface area contributed by atoms with Gasteiger partial charge in [-0.3, -0.25) is 4.57 Å². The Morgan fingerprint density at radius 3 is 2.29 bits per heavy atom. The smallest absolute Gasteiger partial charge is 0.218 e. The van der Waals surface area contributed by atoms with Gasteiger partial charge in [-0.25, -0.2) is 0 Å². The average Bonchev–Trinajstić information content (AvgIpc) is 1.68. The Kier molecular flexibility index (Phi) is 4.34. The van der Waals surface area contributed by atoms with Crippen molar-refractivity contribution in [2.75, 3.05) is 13.1 Å². The van der Waals surface area contributed by atoms with E-state index in [1.807, 2.05) is 0 Å². The largest absolute Gasteiger partial charge is 0.387 e. The lowest BCUT2D eigenvalue weighted by Crippen LogP contribution is -1.83. The highest BCUT2D eigenvalue weighted by Crippen LogP contribution is 2.17. The molecule has 0 aromatic heterocycles. The van der Waals surface area contributed by atoms with Crippen molar-refractivity contribution in [1.29, 1.82) is 0 Å². The first-order chi connectivity index (χ1) is 3.31. The van der Waals surface area contributed by atoms with Crippen molar-refractivity contribution in [3.63, 3.8) is 0 Å². The van der Waals surface area contributed by atoms with Gasteiger partial charge in [0, 0.05) is 0 Å². The molecule has 0 saturated carbocycles. The van der Waals surface area contributed by atoms with E-state index < -0.39 is 21.2 Å². The van der Waals surface area contributed by atoms with Gasteiger partial charge in [0.25, 0.3) is 0 Å². The molecule has 1 unspecified atom stereocenters. The molecule has 0 saturated heterocycles. The van der Waals surface area contributed by atoms with E-state index in [4.69, 9.17) is 10.2 Å². The molecule has 0 aromatic rings. The highest BCUT2D eigenvalue weighted by atomic mass is 31.1. The second-order valence-electron chi connectivity index (χ2n) is 0.804. The molecular formula is C2H7O4P. The second-order valence-corrected chi connectivity index (χ2v) is 2.15. The Balaban J connectivity index is 3.00. The monoisotopic (exact) mass is 126 g/mol. The lowest BCUT2D eigenvalue weighted by atomic mass is 11.6. The van der Waals surface area contributed by atoms with Gasteiger partial charge in [0.1, 0.15) is 6.35 Å². The van der Waals surface area contributed by atoms with Gasteiger partial charge in [-0.15, -0.1) is 0 Å². The standard InChI is InChI=1S/C2H7O4P/c3-1-6-7(5)2-4/h3-4,7H,1-2H2. The molecule has 0 amide bonds. The fourth-order valence-corrected chi connectivity index (χ4v) is 0.353. The van der Waals surface area contributed by atoms with Crippen LogP contribution in [0.5, 0.6) is 0 Å². The predicted octanol–water partition coefficient (Wildman–Crippen LogP) is -0.623. The quantitative estimate of drug-likeness (QED) is 0.390. The van der Waals surface area contributed by atoms with Gasteiger partial charge in [-0.1, -0.05) is 0 Å². The third kappa shape index (κ3) is 3.95. The molecule has 44 valence electrons. The first-order valence-corrected chi connectivity index (χ1v) is 3.21. The number of aliphatic hydroxyl groups is 2. The van der Waals surface area contributed by atoms with Crippen molar-refractivity contribution in [3.8, 4) is 0 Å². The van der Waals surface area contributed by atoms with E-state index in [9.17, 15) is 4.57 Å². The summed E-state index contributed by atoms with van der Waals surface area (Å²) in [4.78, 5) is 0. The lowest BCUT2D eigenvalue weighted by molar-refractivity contribution is 0.103. The lowest BCUT2D eigenvalue weighted by Gasteiger charge is -1.91. The van der Waals surface area contributed by atoms with Crippen LogP contribution in [0.15, 0.2) is 0 Å². The molecule has 4 nitrogen and oxygen atoms in total. The van der Waals surface area contributed by atoms with Crippen LogP contribution in [0.25, 0.3) is 0 Å². The summed E-state index contributed by atoms with van der Waals surface area (Å²) >= 11 is 0. The van der Waals surface area contributed by atoms with Crippen LogP contribution in [0, 0.1) is 0 Å². The van der Waals surface area contributed by atoms with E-state index >= 15 is 0 Å². The molecular weight excluding hydrogens is 119 g/mol. The predicted molar refractivity (Wildman–Crippen MR) is 24.3 cm³/mol. The summed E-state index contributed by atoms with van der Waals surface area (Å²) in [5.41, 5.74) is 0. The van der Waals surface area contributed by atoms with E-state index in [1.165, 1.54) is 0 Å². The topological polar surface area (TPSA) is 66.8 Å². The second kappa shape index (κ2) is 4.27. The molecule has 0 radical (unpaired) electrons. The van der Waals surface area contributed by atoms with Crippen LogP contribution in [0.1, 0.15) is 0 Å². The Hall–Kier alpha value is 0.110. The van der Waals surface area contributed by atoms with Crippen molar-refractivity contribution in [2.24, 2.45) is 0 Å². The van der Waals surface area contributed by atoms with Crippen LogP contribution in [0.3, 0.4) is 0 Å². The van der Waals surface area contributed by atoms with Crippen molar-refractivity contribution >= 4 is 8.03 Å². The summed E-state index contributed by atoms with van der Waals surface area (Å²) in [6.07, 6.45) is -0.495. The number of aliphatic hydroxyl groups excluding tert-OH is 2. The third-order valence-corrected chi connectivity index (χ3v) is 1.06. The van der Waals surface area contributed by atoms with Gasteiger partial charge < -0.3 is 14.7 Å². The molecule has 0 heterocycles. The fraction of sp³-hybridized carbons (Fsp3) is 1.00. The van der Waals surface area contributed by atoms with E-state index in [1.54, 1.807) is 0 Å². The first kappa shape index (κ1) is 7.11. The molecule has 1 atom stereocenters. The van der Waals surface area contributed by atoms with Crippen LogP contribution in [-0.2, 0) is 9.09 Å². The van der Waals surface area contributed by atoms with E-state index in [0.717, 1.165) is 0 Å². The minimum atomic E-state index is -2.32. The normalized spacial score (nSPS) is 14.0. The maximum Gasteiger partial charge on any atom is 0.218 e. The maximum atomic E-state index is 9.96. The van der Waals surface area contributed by atoms with E-state index in [0.29, 0.717) is 0 Å². The number of hydrogen-bond acceptors (Lipinski definition) is 4. The Bertz CT molecular complexity index is 62.7. The average molecular weight is 126 g/mol. The Morgan fingerprint density at radius 1 is 1.57 bits per heavy atom. The van der Waals surface area contributed by atoms with Crippen LogP contribution < -0.4 is 0 Å². The highest BCUT2D eigenvalue weighted by molar-refractivity contribution is 7.38. The molecule has 0 aliphatic carbocycles. The molecule has 0 aromatic carbocycles. The minimum absolute atomic E-state index is 0.495. The SMILES string of the molecule is O=[PH](CO)OCO. The molecule has 7 heavy (non-hydrogen) atoms. The van der Waals surface area contributed by atoms with Gasteiger partial charge in [0.15, 0.2) is 6.79 Å². The summed E-state index contributed by atoms with van der Waals surface area (Å²) in [6.45, 7) is -0.585. The van der Waals surface area contributed by atoms with Gasteiger partial charge in [0.2, 0.25) is 8.03 Å². The van der Waals surface area contributed by atoms with Gasteiger partial charge in [-0.2, -0.15) is 0 Å². The molecule has 0 spiro atoms. The molecule has 0 bridgehead atoms. The highest BCUT2D eigenvalue weighted by Gasteiger charge is 1.90. The minimum Gasteiger partial charge on any atom is -0.387 e. The van der Waals surface area contributed by atoms with Crippen molar-refractivity contribution in [3.05, 3.63) is 0 Å². The zero-order valence-electron chi connectivity index (χ0n) is 3.63. The number of rotatable bonds is 3. The van der Waals surface area contributed by atoms with Crippen LogP contribution in [-0.4, -0.2) is 23.4 Å². The summed E-state index contributed by atoms with van der Waals surface area (Å²) in [5.74, 6) is 0.